The van der Waals surface area contributed by atoms with Crippen LogP contribution in [0.25, 0.3) is 0 Å². The Morgan fingerprint density at radius 2 is 1.70 bits per heavy atom. The average Bonchev–Trinajstić information content (AvgIpc) is 2.67. The van der Waals surface area contributed by atoms with Crippen LogP contribution in [0, 0.1) is 32.5 Å². The number of aryl methyl sites for hydroxylation is 4. The Balaban J connectivity index is 0.00000126. The molecule has 1 nitrogen and oxygen atoms in total. The molecule has 1 aliphatic carbocycles. The van der Waals surface area contributed by atoms with Gasteiger partial charge in [0.05, 0.1) is 0 Å². The highest BCUT2D eigenvalue weighted by Crippen LogP contribution is 2.39. The quantitative estimate of drug-likeness (QED) is 0.576. The third kappa shape index (κ3) is 5.28. The Morgan fingerprint density at radius 1 is 0.963 bits per heavy atom. The Labute approximate surface area is 164 Å². The van der Waals surface area contributed by atoms with Gasteiger partial charge in [-0.1, -0.05) is 44.2 Å². The number of hydrogen-bond donors (Lipinski definition) is 0. The molecule has 2 unspecified atom stereocenters. The molecule has 27 heavy (non-hydrogen) atoms. The van der Waals surface area contributed by atoms with Crippen molar-refractivity contribution in [1.29, 1.82) is 0 Å². The summed E-state index contributed by atoms with van der Waals surface area (Å²) in [6, 6.07) is 11.9. The number of halogens is 1. The van der Waals surface area contributed by atoms with Gasteiger partial charge in [-0.2, -0.15) is 0 Å². The second-order valence-electron chi connectivity index (χ2n) is 7.54. The van der Waals surface area contributed by atoms with E-state index in [4.69, 9.17) is 0 Å². The number of Topliss-reactive ketones (excluding diaryl/α,β-unsaturated/α-hetero) is 1. The van der Waals surface area contributed by atoms with Crippen molar-refractivity contribution >= 4 is 5.78 Å². The van der Waals surface area contributed by atoms with Gasteiger partial charge < -0.3 is 0 Å². The molecule has 1 saturated carbocycles. The van der Waals surface area contributed by atoms with Crippen LogP contribution >= 0.6 is 0 Å². The maximum atomic E-state index is 13.5. The van der Waals surface area contributed by atoms with Crippen LogP contribution in [0.15, 0.2) is 36.4 Å². The Hall–Kier alpha value is -1.96. The maximum Gasteiger partial charge on any atom is 0.136 e. The summed E-state index contributed by atoms with van der Waals surface area (Å²) in [5.41, 5.74) is 5.69. The van der Waals surface area contributed by atoms with Crippen molar-refractivity contribution in [3.8, 4) is 0 Å². The number of rotatable bonds is 4. The highest BCUT2D eigenvalue weighted by atomic mass is 19.1. The van der Waals surface area contributed by atoms with Gasteiger partial charge in [0.15, 0.2) is 0 Å². The molecule has 1 aliphatic rings. The highest BCUT2D eigenvalue weighted by molar-refractivity contribution is 5.82. The summed E-state index contributed by atoms with van der Waals surface area (Å²) >= 11 is 0. The Kier molecular flexibility index (Phi) is 7.77. The predicted octanol–water partition coefficient (Wildman–Crippen LogP) is 6.86. The first-order valence-corrected chi connectivity index (χ1v) is 10.3. The van der Waals surface area contributed by atoms with E-state index in [9.17, 15) is 9.18 Å². The molecule has 0 spiro atoms. The summed E-state index contributed by atoms with van der Waals surface area (Å²) in [7, 11) is 0. The second kappa shape index (κ2) is 9.82. The van der Waals surface area contributed by atoms with Crippen LogP contribution in [-0.2, 0) is 11.2 Å². The highest BCUT2D eigenvalue weighted by Gasteiger charge is 2.32. The zero-order valence-electron chi connectivity index (χ0n) is 17.4. The minimum atomic E-state index is -0.162. The predicted molar refractivity (Wildman–Crippen MR) is 112 cm³/mol. The largest absolute Gasteiger partial charge is 0.299 e. The monoisotopic (exact) mass is 368 g/mol. The second-order valence-corrected chi connectivity index (χ2v) is 7.54. The van der Waals surface area contributed by atoms with Crippen molar-refractivity contribution in [2.45, 2.75) is 72.6 Å². The van der Waals surface area contributed by atoms with Crippen LogP contribution in [0.1, 0.15) is 73.3 Å². The van der Waals surface area contributed by atoms with Gasteiger partial charge in [0.1, 0.15) is 11.6 Å². The van der Waals surface area contributed by atoms with Crippen molar-refractivity contribution in [3.05, 3.63) is 70.0 Å². The molecule has 0 bridgehead atoms. The lowest BCUT2D eigenvalue weighted by Crippen LogP contribution is -2.27. The van der Waals surface area contributed by atoms with E-state index >= 15 is 0 Å². The minimum Gasteiger partial charge on any atom is -0.299 e. The van der Waals surface area contributed by atoms with Crippen LogP contribution in [0.3, 0.4) is 0 Å². The standard InChI is InChI=1S/C23H27FO.C2H6/c1-15-7-10-19(14-16(15)2)20-5-4-6-23(25)21(20)11-8-18-9-12-22(24)17(3)13-18;1-2/h7,9-10,12-14,20-21H,4-6,8,11H2,1-3H3;1-2H3. The molecule has 2 aromatic rings. The zero-order chi connectivity index (χ0) is 20.0. The first-order chi connectivity index (χ1) is 13.0. The number of benzene rings is 2. The van der Waals surface area contributed by atoms with E-state index in [-0.39, 0.29) is 11.7 Å². The van der Waals surface area contributed by atoms with Gasteiger partial charge in [-0.05, 0) is 86.3 Å². The number of carbonyl (C=O) groups is 1. The zero-order valence-corrected chi connectivity index (χ0v) is 17.4. The van der Waals surface area contributed by atoms with Crippen molar-refractivity contribution < 1.29 is 9.18 Å². The molecule has 0 amide bonds. The summed E-state index contributed by atoms with van der Waals surface area (Å²) in [6.45, 7) is 10.1. The van der Waals surface area contributed by atoms with Crippen molar-refractivity contribution in [2.75, 3.05) is 0 Å². The first-order valence-electron chi connectivity index (χ1n) is 10.3. The van der Waals surface area contributed by atoms with E-state index in [2.05, 4.69) is 32.0 Å². The van der Waals surface area contributed by atoms with E-state index in [0.29, 0.717) is 23.7 Å². The molecule has 0 N–H and O–H groups in total. The smallest absolute Gasteiger partial charge is 0.136 e. The van der Waals surface area contributed by atoms with Crippen molar-refractivity contribution in [1.82, 2.24) is 0 Å². The van der Waals surface area contributed by atoms with Gasteiger partial charge in [-0.3, -0.25) is 4.79 Å². The van der Waals surface area contributed by atoms with E-state index in [0.717, 1.165) is 31.2 Å². The van der Waals surface area contributed by atoms with Crippen molar-refractivity contribution in [3.63, 3.8) is 0 Å². The maximum absolute atomic E-state index is 13.5. The SMILES string of the molecule is CC.Cc1ccc(C2CCCC(=O)C2CCc2ccc(F)c(C)c2)cc1C. The van der Waals surface area contributed by atoms with Crippen LogP contribution in [0.5, 0.6) is 0 Å². The van der Waals surface area contributed by atoms with Gasteiger partial charge >= 0.3 is 0 Å². The lowest BCUT2D eigenvalue weighted by atomic mass is 9.72. The fourth-order valence-electron chi connectivity index (χ4n) is 4.05. The summed E-state index contributed by atoms with van der Waals surface area (Å²) < 4.78 is 13.5. The lowest BCUT2D eigenvalue weighted by Gasteiger charge is -2.31. The Morgan fingerprint density at radius 3 is 2.37 bits per heavy atom. The van der Waals surface area contributed by atoms with Gasteiger partial charge in [-0.15, -0.1) is 0 Å². The van der Waals surface area contributed by atoms with E-state index in [1.54, 1.807) is 6.92 Å². The van der Waals surface area contributed by atoms with E-state index < -0.39 is 0 Å². The summed E-state index contributed by atoms with van der Waals surface area (Å²) in [6.07, 6.45) is 4.46. The topological polar surface area (TPSA) is 17.1 Å². The van der Waals surface area contributed by atoms with Crippen molar-refractivity contribution in [2.24, 2.45) is 5.92 Å². The van der Waals surface area contributed by atoms with Gasteiger partial charge in [0.25, 0.3) is 0 Å². The number of ketones is 1. The van der Waals surface area contributed by atoms with Gasteiger partial charge in [-0.25, -0.2) is 4.39 Å². The molecule has 0 saturated heterocycles. The van der Waals surface area contributed by atoms with Gasteiger partial charge in [0.2, 0.25) is 0 Å². The number of hydrogen-bond acceptors (Lipinski definition) is 1. The molecule has 0 aromatic heterocycles. The van der Waals surface area contributed by atoms with Crippen LogP contribution in [0.2, 0.25) is 0 Å². The van der Waals surface area contributed by atoms with Crippen LogP contribution < -0.4 is 0 Å². The molecular formula is C25H33FO. The molecule has 2 heteroatoms. The van der Waals surface area contributed by atoms with Crippen LogP contribution in [0.4, 0.5) is 4.39 Å². The molecular weight excluding hydrogens is 335 g/mol. The lowest BCUT2D eigenvalue weighted by molar-refractivity contribution is -0.125. The molecule has 3 rings (SSSR count). The van der Waals surface area contributed by atoms with Crippen LogP contribution in [-0.4, -0.2) is 5.78 Å². The normalized spacial score (nSPS) is 19.4. The molecule has 0 heterocycles. The third-order valence-corrected chi connectivity index (χ3v) is 5.76. The minimum absolute atomic E-state index is 0.0845. The third-order valence-electron chi connectivity index (χ3n) is 5.76. The van der Waals surface area contributed by atoms with E-state index in [1.165, 1.54) is 22.8 Å². The molecule has 146 valence electrons. The summed E-state index contributed by atoms with van der Waals surface area (Å²) in [4.78, 5) is 12.6. The Bertz CT molecular complexity index is 778. The van der Waals surface area contributed by atoms with E-state index in [1.807, 2.05) is 26.0 Å². The first kappa shape index (κ1) is 21.3. The fourth-order valence-corrected chi connectivity index (χ4v) is 4.05. The summed E-state index contributed by atoms with van der Waals surface area (Å²) in [5.74, 6) is 0.641. The number of carbonyl (C=O) groups excluding carboxylic acids is 1. The molecule has 2 aromatic carbocycles. The molecule has 0 aliphatic heterocycles. The molecule has 2 atom stereocenters. The van der Waals surface area contributed by atoms with Gasteiger partial charge in [0, 0.05) is 12.3 Å². The average molecular weight is 369 g/mol. The molecule has 0 radical (unpaired) electrons. The molecule has 1 fully saturated rings. The summed E-state index contributed by atoms with van der Waals surface area (Å²) in [5, 5.41) is 0. The fraction of sp³-hybridized carbons (Fsp3) is 0.480.